The first-order valence-corrected chi connectivity index (χ1v) is 12.7. The molecular weight excluding hydrogens is 458 g/mol. The number of carbonyl (C=O) groups excluding carboxylic acids is 2. The van der Waals surface area contributed by atoms with Gasteiger partial charge >= 0.3 is 0 Å². The van der Waals surface area contributed by atoms with E-state index in [0.29, 0.717) is 43.1 Å². The highest BCUT2D eigenvalue weighted by molar-refractivity contribution is 7.98. The summed E-state index contributed by atoms with van der Waals surface area (Å²) >= 11 is 1.62. The number of imidazole rings is 1. The molecule has 7 nitrogen and oxygen atoms in total. The van der Waals surface area contributed by atoms with Crippen molar-refractivity contribution in [3.05, 3.63) is 90.0 Å². The van der Waals surface area contributed by atoms with Crippen LogP contribution in [0.5, 0.6) is 0 Å². The van der Waals surface area contributed by atoms with Crippen molar-refractivity contribution in [3.8, 4) is 0 Å². The molecule has 4 aromatic rings. The maximum absolute atomic E-state index is 13.4. The summed E-state index contributed by atoms with van der Waals surface area (Å²) in [4.78, 5) is 37.7. The molecule has 1 fully saturated rings. The van der Waals surface area contributed by atoms with Crippen molar-refractivity contribution in [1.29, 1.82) is 0 Å². The molecule has 0 spiro atoms. The summed E-state index contributed by atoms with van der Waals surface area (Å²) in [6, 6.07) is 17.4. The van der Waals surface area contributed by atoms with Crippen LogP contribution in [0.2, 0.25) is 0 Å². The van der Waals surface area contributed by atoms with E-state index in [9.17, 15) is 9.59 Å². The van der Waals surface area contributed by atoms with Gasteiger partial charge in [-0.1, -0.05) is 18.2 Å². The van der Waals surface area contributed by atoms with Crippen LogP contribution in [0.3, 0.4) is 0 Å². The number of aryl methyl sites for hydroxylation is 1. The van der Waals surface area contributed by atoms with Crippen molar-refractivity contribution in [3.63, 3.8) is 0 Å². The molecule has 2 amide bonds. The highest BCUT2D eigenvalue weighted by Crippen LogP contribution is 2.29. The number of likely N-dealkylation sites (tertiary alicyclic amines) is 1. The minimum absolute atomic E-state index is 0.0160. The molecule has 0 unspecified atom stereocenters. The number of amides is 2. The summed E-state index contributed by atoms with van der Waals surface area (Å²) in [6.07, 6.45) is 6.97. The minimum atomic E-state index is -0.124. The standard InChI is InChI=1S/C27H27N5O2S/c1-19-9-12-28-24(16-19)30-26(33)20-10-14-31(15-11-20)27(34)22-6-2-3-7-23(22)35-18-21-17-32-13-5-4-8-25(32)29-21/h2-9,12-13,16-17,20H,10-11,14-15,18H2,1H3,(H,28,30,33). The number of rotatable bonds is 6. The fourth-order valence-corrected chi connectivity index (χ4v) is 5.25. The third kappa shape index (κ3) is 5.38. The number of aromatic nitrogens is 3. The lowest BCUT2D eigenvalue weighted by atomic mass is 9.95. The molecule has 3 aromatic heterocycles. The van der Waals surface area contributed by atoms with Gasteiger partial charge in [0.1, 0.15) is 11.5 Å². The molecule has 178 valence electrons. The number of thioether (sulfide) groups is 1. The zero-order chi connectivity index (χ0) is 24.2. The van der Waals surface area contributed by atoms with Crippen LogP contribution in [0.25, 0.3) is 5.65 Å². The molecule has 4 heterocycles. The Kier molecular flexibility index (Phi) is 6.81. The fourth-order valence-electron chi connectivity index (χ4n) is 4.33. The van der Waals surface area contributed by atoms with Crippen LogP contribution in [-0.2, 0) is 10.5 Å². The van der Waals surface area contributed by atoms with Crippen molar-refractivity contribution in [2.75, 3.05) is 18.4 Å². The Balaban J connectivity index is 1.20. The van der Waals surface area contributed by atoms with Crippen LogP contribution in [0, 0.1) is 12.8 Å². The maximum Gasteiger partial charge on any atom is 0.254 e. The molecular formula is C27H27N5O2S. The highest BCUT2D eigenvalue weighted by atomic mass is 32.2. The first-order valence-electron chi connectivity index (χ1n) is 11.7. The van der Waals surface area contributed by atoms with Crippen LogP contribution in [0.1, 0.15) is 34.5 Å². The second-order valence-electron chi connectivity index (χ2n) is 8.76. The zero-order valence-electron chi connectivity index (χ0n) is 19.6. The number of pyridine rings is 2. The molecule has 0 bridgehead atoms. The molecule has 8 heteroatoms. The number of hydrogen-bond donors (Lipinski definition) is 1. The van der Waals surface area contributed by atoms with E-state index in [1.165, 1.54) is 0 Å². The lowest BCUT2D eigenvalue weighted by molar-refractivity contribution is -0.121. The van der Waals surface area contributed by atoms with Gasteiger partial charge in [-0.3, -0.25) is 9.59 Å². The normalized spacial score (nSPS) is 14.3. The Hall–Kier alpha value is -3.65. The third-order valence-corrected chi connectivity index (χ3v) is 7.33. The lowest BCUT2D eigenvalue weighted by Gasteiger charge is -2.31. The van der Waals surface area contributed by atoms with E-state index in [2.05, 4.69) is 15.3 Å². The quantitative estimate of drug-likeness (QED) is 0.396. The number of benzene rings is 1. The number of nitrogens with one attached hydrogen (secondary N) is 1. The van der Waals surface area contributed by atoms with Gasteiger partial charge in [-0.2, -0.15) is 0 Å². The third-order valence-electron chi connectivity index (χ3n) is 6.23. The predicted molar refractivity (Wildman–Crippen MR) is 137 cm³/mol. The van der Waals surface area contributed by atoms with Gasteiger partial charge in [0.15, 0.2) is 0 Å². The van der Waals surface area contributed by atoms with Gasteiger partial charge in [-0.15, -0.1) is 11.8 Å². The van der Waals surface area contributed by atoms with E-state index in [4.69, 9.17) is 0 Å². The average molecular weight is 486 g/mol. The predicted octanol–water partition coefficient (Wildman–Crippen LogP) is 4.82. The smallest absolute Gasteiger partial charge is 0.254 e. The fraction of sp³-hybridized carbons (Fsp3) is 0.259. The number of carbonyl (C=O) groups is 2. The maximum atomic E-state index is 13.4. The monoisotopic (exact) mass is 485 g/mol. The topological polar surface area (TPSA) is 79.6 Å². The first kappa shape index (κ1) is 23.1. The molecule has 0 aliphatic carbocycles. The van der Waals surface area contributed by atoms with Gasteiger partial charge in [-0.05, 0) is 61.7 Å². The molecule has 1 N–H and O–H groups in total. The zero-order valence-corrected chi connectivity index (χ0v) is 20.4. The van der Waals surface area contributed by atoms with Crippen LogP contribution in [-0.4, -0.2) is 44.2 Å². The minimum Gasteiger partial charge on any atom is -0.339 e. The number of hydrogen-bond acceptors (Lipinski definition) is 5. The number of piperidine rings is 1. The summed E-state index contributed by atoms with van der Waals surface area (Å²) in [7, 11) is 0. The molecule has 1 aliphatic rings. The summed E-state index contributed by atoms with van der Waals surface area (Å²) in [5, 5.41) is 2.91. The SMILES string of the molecule is Cc1ccnc(NC(=O)C2CCN(C(=O)c3ccccc3SCc3cn4ccccc4n3)CC2)c1. The molecule has 0 saturated carbocycles. The van der Waals surface area contributed by atoms with E-state index in [-0.39, 0.29) is 17.7 Å². The summed E-state index contributed by atoms with van der Waals surface area (Å²) in [6.45, 7) is 3.09. The number of nitrogens with zero attached hydrogens (tertiary/aromatic N) is 4. The van der Waals surface area contributed by atoms with Gasteiger partial charge in [0.05, 0.1) is 11.3 Å². The summed E-state index contributed by atoms with van der Waals surface area (Å²) < 4.78 is 2.00. The van der Waals surface area contributed by atoms with Gasteiger partial charge in [0.25, 0.3) is 5.91 Å². The Morgan fingerprint density at radius 2 is 1.89 bits per heavy atom. The second-order valence-corrected chi connectivity index (χ2v) is 9.77. The van der Waals surface area contributed by atoms with Crippen LogP contribution in [0.4, 0.5) is 5.82 Å². The van der Waals surface area contributed by atoms with Crippen molar-refractivity contribution in [2.24, 2.45) is 5.92 Å². The molecule has 35 heavy (non-hydrogen) atoms. The van der Waals surface area contributed by atoms with E-state index < -0.39 is 0 Å². The Labute approximate surface area is 208 Å². The average Bonchev–Trinajstić information content (AvgIpc) is 3.30. The largest absolute Gasteiger partial charge is 0.339 e. The van der Waals surface area contributed by atoms with Gasteiger partial charge < -0.3 is 14.6 Å². The Morgan fingerprint density at radius 3 is 2.69 bits per heavy atom. The van der Waals surface area contributed by atoms with Crippen LogP contribution >= 0.6 is 11.8 Å². The van der Waals surface area contributed by atoms with Crippen molar-refractivity contribution >= 4 is 35.0 Å². The van der Waals surface area contributed by atoms with Crippen LogP contribution < -0.4 is 5.32 Å². The summed E-state index contributed by atoms with van der Waals surface area (Å²) in [5.41, 5.74) is 3.64. The van der Waals surface area contributed by atoms with Crippen molar-refractivity contribution < 1.29 is 9.59 Å². The van der Waals surface area contributed by atoms with Gasteiger partial charge in [-0.25, -0.2) is 9.97 Å². The van der Waals surface area contributed by atoms with Crippen molar-refractivity contribution in [1.82, 2.24) is 19.3 Å². The van der Waals surface area contributed by atoms with Crippen LogP contribution in [0.15, 0.2) is 78.1 Å². The molecule has 1 aliphatic heterocycles. The molecule has 1 aromatic carbocycles. The lowest BCUT2D eigenvalue weighted by Crippen LogP contribution is -2.41. The molecule has 0 radical (unpaired) electrons. The highest BCUT2D eigenvalue weighted by Gasteiger charge is 2.29. The Bertz CT molecular complexity index is 1330. The van der Waals surface area contributed by atoms with Gasteiger partial charge in [0.2, 0.25) is 5.91 Å². The second kappa shape index (κ2) is 10.3. The molecule has 1 saturated heterocycles. The number of anilines is 1. The van der Waals surface area contributed by atoms with E-state index in [0.717, 1.165) is 21.8 Å². The molecule has 5 rings (SSSR count). The van der Waals surface area contributed by atoms with E-state index in [1.807, 2.05) is 83.2 Å². The first-order chi connectivity index (χ1) is 17.1. The number of fused-ring (bicyclic) bond motifs is 1. The Morgan fingerprint density at radius 1 is 1.09 bits per heavy atom. The van der Waals surface area contributed by atoms with E-state index >= 15 is 0 Å². The molecule has 0 atom stereocenters. The summed E-state index contributed by atoms with van der Waals surface area (Å²) in [5.74, 6) is 1.12. The van der Waals surface area contributed by atoms with Gasteiger partial charge in [0, 0.05) is 48.2 Å². The van der Waals surface area contributed by atoms with E-state index in [1.54, 1.807) is 18.0 Å². The van der Waals surface area contributed by atoms with Crippen molar-refractivity contribution in [2.45, 2.75) is 30.4 Å².